The molecule has 2 rings (SSSR count). The van der Waals surface area contributed by atoms with Crippen LogP contribution in [0.2, 0.25) is 0 Å². The molecule has 0 aliphatic heterocycles. The number of anilines is 1. The minimum absolute atomic E-state index is 0.364. The predicted molar refractivity (Wildman–Crippen MR) is 76.2 cm³/mol. The van der Waals surface area contributed by atoms with Gasteiger partial charge < -0.3 is 10.1 Å². The molecule has 5 heteroatoms. The molecule has 0 aromatic heterocycles. The third-order valence-electron chi connectivity index (χ3n) is 3.64. The number of rotatable bonds is 4. The van der Waals surface area contributed by atoms with Gasteiger partial charge in [0, 0.05) is 25.1 Å². The molecule has 0 unspecified atom stereocenters. The first-order chi connectivity index (χ1) is 8.99. The molecule has 0 saturated heterocycles. The Morgan fingerprint density at radius 3 is 2.47 bits per heavy atom. The summed E-state index contributed by atoms with van der Waals surface area (Å²) in [5, 5.41) is 3.42. The Labute approximate surface area is 115 Å². The molecular weight excluding hydrogens is 262 g/mol. The van der Waals surface area contributed by atoms with Gasteiger partial charge in [0.1, 0.15) is 0 Å². The van der Waals surface area contributed by atoms with E-state index in [4.69, 9.17) is 4.74 Å². The van der Waals surface area contributed by atoms with Crippen molar-refractivity contribution in [3.63, 3.8) is 0 Å². The quantitative estimate of drug-likeness (QED) is 0.922. The van der Waals surface area contributed by atoms with E-state index in [-0.39, 0.29) is 0 Å². The lowest BCUT2D eigenvalue weighted by Gasteiger charge is -2.29. The lowest BCUT2D eigenvalue weighted by atomic mass is 9.93. The maximum absolute atomic E-state index is 11.5. The van der Waals surface area contributed by atoms with Crippen LogP contribution in [0.4, 0.5) is 5.69 Å². The molecule has 1 fully saturated rings. The minimum atomic E-state index is -3.14. The van der Waals surface area contributed by atoms with Gasteiger partial charge in [-0.25, -0.2) is 8.42 Å². The fourth-order valence-corrected chi connectivity index (χ4v) is 3.16. The number of benzene rings is 1. The van der Waals surface area contributed by atoms with Crippen LogP contribution in [0.3, 0.4) is 0 Å². The van der Waals surface area contributed by atoms with Gasteiger partial charge in [-0.1, -0.05) is 6.07 Å². The van der Waals surface area contributed by atoms with Crippen molar-refractivity contribution in [1.82, 2.24) is 0 Å². The van der Waals surface area contributed by atoms with Crippen molar-refractivity contribution < 1.29 is 13.2 Å². The summed E-state index contributed by atoms with van der Waals surface area (Å²) in [6, 6.07) is 7.43. The Morgan fingerprint density at radius 2 is 1.89 bits per heavy atom. The van der Waals surface area contributed by atoms with Gasteiger partial charge in [-0.15, -0.1) is 0 Å². The van der Waals surface area contributed by atoms with Crippen LogP contribution >= 0.6 is 0 Å². The predicted octanol–water partition coefficient (Wildman–Crippen LogP) is 2.46. The van der Waals surface area contributed by atoms with Gasteiger partial charge in [0.15, 0.2) is 9.84 Å². The van der Waals surface area contributed by atoms with Gasteiger partial charge >= 0.3 is 0 Å². The monoisotopic (exact) mass is 283 g/mol. The maximum atomic E-state index is 11.5. The molecule has 1 N–H and O–H groups in total. The molecule has 1 aliphatic carbocycles. The van der Waals surface area contributed by atoms with Gasteiger partial charge in [-0.05, 0) is 43.9 Å². The van der Waals surface area contributed by atoms with Crippen LogP contribution in [0.1, 0.15) is 25.7 Å². The normalized spacial score (nSPS) is 24.1. The maximum Gasteiger partial charge on any atom is 0.175 e. The molecular formula is C14H21NO3S. The van der Waals surface area contributed by atoms with Gasteiger partial charge in [0.05, 0.1) is 11.0 Å². The molecule has 0 bridgehead atoms. The number of ether oxygens (including phenoxy) is 1. The van der Waals surface area contributed by atoms with E-state index in [2.05, 4.69) is 5.32 Å². The minimum Gasteiger partial charge on any atom is -0.382 e. The van der Waals surface area contributed by atoms with Crippen LogP contribution in [0.5, 0.6) is 0 Å². The number of sulfone groups is 1. The van der Waals surface area contributed by atoms with Crippen molar-refractivity contribution in [2.24, 2.45) is 0 Å². The molecule has 106 valence electrons. The highest BCUT2D eigenvalue weighted by atomic mass is 32.2. The Hall–Kier alpha value is -1.07. The highest BCUT2D eigenvalue weighted by Gasteiger charge is 2.20. The topological polar surface area (TPSA) is 55.4 Å². The van der Waals surface area contributed by atoms with Crippen LogP contribution in [0, 0.1) is 0 Å². The zero-order valence-corrected chi connectivity index (χ0v) is 12.2. The summed E-state index contributed by atoms with van der Waals surface area (Å²) < 4.78 is 28.4. The Bertz CT molecular complexity index is 519. The number of hydrogen-bond acceptors (Lipinski definition) is 4. The van der Waals surface area contributed by atoms with E-state index in [0.717, 1.165) is 31.4 Å². The smallest absolute Gasteiger partial charge is 0.175 e. The van der Waals surface area contributed by atoms with E-state index >= 15 is 0 Å². The Kier molecular flexibility index (Phi) is 4.47. The molecule has 0 amide bonds. The van der Waals surface area contributed by atoms with Gasteiger partial charge in [0.2, 0.25) is 0 Å². The molecule has 1 aromatic rings. The van der Waals surface area contributed by atoms with E-state index in [0.29, 0.717) is 17.0 Å². The van der Waals surface area contributed by atoms with Crippen molar-refractivity contribution in [2.75, 3.05) is 18.7 Å². The second-order valence-corrected chi connectivity index (χ2v) is 7.17. The van der Waals surface area contributed by atoms with Crippen LogP contribution in [-0.2, 0) is 14.6 Å². The molecule has 0 spiro atoms. The summed E-state index contributed by atoms with van der Waals surface area (Å²) in [4.78, 5) is 0.364. The van der Waals surface area contributed by atoms with E-state index < -0.39 is 9.84 Å². The van der Waals surface area contributed by atoms with E-state index in [1.807, 2.05) is 6.07 Å². The van der Waals surface area contributed by atoms with Crippen molar-refractivity contribution in [2.45, 2.75) is 42.7 Å². The van der Waals surface area contributed by atoms with Crippen LogP contribution < -0.4 is 5.32 Å². The molecule has 0 atom stereocenters. The largest absolute Gasteiger partial charge is 0.382 e. The molecule has 0 heterocycles. The fourth-order valence-electron chi connectivity index (χ4n) is 2.50. The summed E-state index contributed by atoms with van der Waals surface area (Å²) in [5.41, 5.74) is 0.879. The first kappa shape index (κ1) is 14.3. The second-order valence-electron chi connectivity index (χ2n) is 5.15. The average molecular weight is 283 g/mol. The molecule has 4 nitrogen and oxygen atoms in total. The SMILES string of the molecule is COC1CCC(Nc2cccc(S(C)(=O)=O)c2)CC1. The molecule has 1 saturated carbocycles. The zero-order valence-electron chi connectivity index (χ0n) is 11.4. The first-order valence-corrected chi connectivity index (χ1v) is 8.47. The number of hydrogen-bond donors (Lipinski definition) is 1. The third-order valence-corrected chi connectivity index (χ3v) is 4.75. The van der Waals surface area contributed by atoms with E-state index in [1.165, 1.54) is 6.26 Å². The lowest BCUT2D eigenvalue weighted by molar-refractivity contribution is 0.0682. The van der Waals surface area contributed by atoms with Crippen LogP contribution in [-0.4, -0.2) is 33.9 Å². The highest BCUT2D eigenvalue weighted by Crippen LogP contribution is 2.24. The second kappa shape index (κ2) is 5.92. The summed E-state index contributed by atoms with van der Waals surface area (Å²) in [5.74, 6) is 0. The summed E-state index contributed by atoms with van der Waals surface area (Å²) in [7, 11) is -1.38. The number of methoxy groups -OCH3 is 1. The molecule has 19 heavy (non-hydrogen) atoms. The number of nitrogens with one attached hydrogen (secondary N) is 1. The summed E-state index contributed by atoms with van der Waals surface area (Å²) in [6.45, 7) is 0. The third kappa shape index (κ3) is 3.94. The van der Waals surface area contributed by atoms with Crippen molar-refractivity contribution in [3.8, 4) is 0 Å². The van der Waals surface area contributed by atoms with Crippen molar-refractivity contribution in [1.29, 1.82) is 0 Å². The lowest BCUT2D eigenvalue weighted by Crippen LogP contribution is -2.29. The zero-order chi connectivity index (χ0) is 13.9. The summed E-state index contributed by atoms with van der Waals surface area (Å²) >= 11 is 0. The molecule has 0 radical (unpaired) electrons. The van der Waals surface area contributed by atoms with Crippen molar-refractivity contribution in [3.05, 3.63) is 24.3 Å². The standard InChI is InChI=1S/C14H21NO3S/c1-18-13-8-6-11(7-9-13)15-12-4-3-5-14(10-12)19(2,16)17/h3-5,10-11,13,15H,6-9H2,1-2H3. The summed E-state index contributed by atoms with van der Waals surface area (Å²) in [6.07, 6.45) is 5.83. The van der Waals surface area contributed by atoms with E-state index in [9.17, 15) is 8.42 Å². The van der Waals surface area contributed by atoms with Crippen LogP contribution in [0.15, 0.2) is 29.2 Å². The average Bonchev–Trinajstić information content (AvgIpc) is 2.39. The van der Waals surface area contributed by atoms with Gasteiger partial charge in [-0.3, -0.25) is 0 Å². The van der Waals surface area contributed by atoms with Crippen molar-refractivity contribution >= 4 is 15.5 Å². The first-order valence-electron chi connectivity index (χ1n) is 6.58. The molecule has 1 aliphatic rings. The van der Waals surface area contributed by atoms with E-state index in [1.54, 1.807) is 25.3 Å². The Balaban J connectivity index is 2.00. The molecule has 1 aromatic carbocycles. The fraction of sp³-hybridized carbons (Fsp3) is 0.571. The Morgan fingerprint density at radius 1 is 1.21 bits per heavy atom. The highest BCUT2D eigenvalue weighted by molar-refractivity contribution is 7.90. The van der Waals surface area contributed by atoms with Gasteiger partial charge in [0.25, 0.3) is 0 Å². The van der Waals surface area contributed by atoms with Crippen LogP contribution in [0.25, 0.3) is 0 Å². The van der Waals surface area contributed by atoms with Gasteiger partial charge in [-0.2, -0.15) is 0 Å².